The molecule has 3 heterocycles. The lowest BCUT2D eigenvalue weighted by Crippen LogP contribution is -2.46. The molecule has 2 N–H and O–H groups in total. The molecule has 236 valence electrons. The van der Waals surface area contributed by atoms with E-state index in [-0.39, 0.29) is 42.3 Å². The zero-order chi connectivity index (χ0) is 31.9. The lowest BCUT2D eigenvalue weighted by Gasteiger charge is -2.32. The number of carbonyl (C=O) groups excluding carboxylic acids is 3. The number of fused-ring (bicyclic) bond motifs is 2. The summed E-state index contributed by atoms with van der Waals surface area (Å²) < 4.78 is 6.81. The third-order valence-corrected chi connectivity index (χ3v) is 12.4. The molecule has 0 unspecified atom stereocenters. The first-order valence-corrected chi connectivity index (χ1v) is 18.7. The van der Waals surface area contributed by atoms with Crippen molar-refractivity contribution in [2.75, 3.05) is 23.0 Å². The van der Waals surface area contributed by atoms with Gasteiger partial charge in [-0.05, 0) is 61.8 Å². The number of rotatable bonds is 9. The molecule has 3 aromatic carbocycles. The van der Waals surface area contributed by atoms with Crippen LogP contribution in [0.25, 0.3) is 0 Å². The van der Waals surface area contributed by atoms with E-state index in [1.165, 1.54) is 0 Å². The molecule has 5 atom stereocenters. The first-order chi connectivity index (χ1) is 21.6. The Hall–Kier alpha value is -3.83. The van der Waals surface area contributed by atoms with Gasteiger partial charge in [0.1, 0.15) is 0 Å². The zero-order valence-electron chi connectivity index (χ0n) is 26.0. The van der Waals surface area contributed by atoms with E-state index in [2.05, 4.69) is 0 Å². The molecule has 0 saturated carbocycles. The lowest BCUT2D eigenvalue weighted by molar-refractivity contribution is -0.150. The van der Waals surface area contributed by atoms with Crippen LogP contribution in [0.15, 0.2) is 78.9 Å². The Bertz CT molecular complexity index is 1560. The number of hydrogen-bond donors (Lipinski definition) is 2. The zero-order valence-corrected chi connectivity index (χ0v) is 27.0. The minimum absolute atomic E-state index is 0.0514. The van der Waals surface area contributed by atoms with Crippen molar-refractivity contribution in [3.05, 3.63) is 90.0 Å². The van der Waals surface area contributed by atoms with Crippen LogP contribution in [0, 0.1) is 5.92 Å². The van der Waals surface area contributed by atoms with Gasteiger partial charge in [-0.3, -0.25) is 19.3 Å². The van der Waals surface area contributed by atoms with E-state index >= 15 is 0 Å². The van der Waals surface area contributed by atoms with Gasteiger partial charge in [0.25, 0.3) is 5.91 Å². The first-order valence-electron chi connectivity index (χ1n) is 15.7. The number of amides is 3. The summed E-state index contributed by atoms with van der Waals surface area (Å²) in [5, 5.41) is 9.81. The monoisotopic (exact) mass is 627 g/mol. The highest BCUT2D eigenvalue weighted by Crippen LogP contribution is 2.59. The highest BCUT2D eigenvalue weighted by molar-refractivity contribution is 6.71. The number of aliphatic hydroxyl groups excluding tert-OH is 1. The molecule has 2 fully saturated rings. The van der Waals surface area contributed by atoms with E-state index in [9.17, 15) is 24.3 Å². The molecule has 3 amide bonds. The Morgan fingerprint density at radius 1 is 1.04 bits per heavy atom. The van der Waals surface area contributed by atoms with Gasteiger partial charge >= 0.3 is 0 Å². The molecular weight excluding hydrogens is 586 g/mol. The Balaban J connectivity index is 1.29. The van der Waals surface area contributed by atoms with Crippen LogP contribution in [-0.4, -0.2) is 66.6 Å². The Morgan fingerprint density at radius 2 is 1.71 bits per heavy atom. The van der Waals surface area contributed by atoms with Crippen LogP contribution in [0.2, 0.25) is 18.6 Å². The Labute approximate surface area is 265 Å². The van der Waals surface area contributed by atoms with Crippen molar-refractivity contribution < 1.29 is 29.0 Å². The van der Waals surface area contributed by atoms with Gasteiger partial charge in [0.05, 0.1) is 37.4 Å². The van der Waals surface area contributed by atoms with Gasteiger partial charge in [-0.15, -0.1) is 0 Å². The van der Waals surface area contributed by atoms with Crippen LogP contribution in [0.5, 0.6) is 0 Å². The van der Waals surface area contributed by atoms with Gasteiger partial charge in [0.2, 0.25) is 12.3 Å². The summed E-state index contributed by atoms with van der Waals surface area (Å²) in [5.74, 6) is -0.687. The molecule has 10 heteroatoms. The summed E-state index contributed by atoms with van der Waals surface area (Å²) in [4.78, 5) is 56.6. The fraction of sp³-hybridized carbons (Fsp3) is 0.400. The number of aliphatic hydroxyl groups is 1. The number of carbonyl (C=O) groups is 3. The molecule has 9 nitrogen and oxygen atoms in total. The van der Waals surface area contributed by atoms with Gasteiger partial charge in [0, 0.05) is 34.9 Å². The summed E-state index contributed by atoms with van der Waals surface area (Å²) in [5.41, 5.74) is 2.16. The normalized spacial score (nSPS) is 26.0. The number of nitrogens with zero attached hydrogens (tertiary/aromatic N) is 3. The SMILES string of the molecule is C[C@H]1[C@H]([Si](C)(C)O)[C@@H](CC(=O)N2CCC[C@H]2CO)O[C@]12C(=O)N(Cc1ccc(N(C=O)c3ccccc3)cc1)c1ccccc12. The molecule has 0 aliphatic carbocycles. The van der Waals surface area contributed by atoms with Crippen LogP contribution in [0.1, 0.15) is 37.3 Å². The van der Waals surface area contributed by atoms with Crippen LogP contribution in [-0.2, 0) is 31.3 Å². The minimum atomic E-state index is -2.92. The summed E-state index contributed by atoms with van der Waals surface area (Å²) in [6, 6.07) is 24.4. The molecular formula is C35H41N3O6Si. The lowest BCUT2D eigenvalue weighted by atomic mass is 9.82. The largest absolute Gasteiger partial charge is 0.432 e. The van der Waals surface area contributed by atoms with Crippen molar-refractivity contribution in [3.63, 3.8) is 0 Å². The van der Waals surface area contributed by atoms with Crippen LogP contribution in [0.3, 0.4) is 0 Å². The van der Waals surface area contributed by atoms with Crippen molar-refractivity contribution in [2.24, 2.45) is 5.92 Å². The predicted octanol–water partition coefficient (Wildman–Crippen LogP) is 4.70. The van der Waals surface area contributed by atoms with Crippen molar-refractivity contribution in [2.45, 2.75) is 69.1 Å². The van der Waals surface area contributed by atoms with Crippen molar-refractivity contribution in [1.82, 2.24) is 4.90 Å². The van der Waals surface area contributed by atoms with Crippen molar-refractivity contribution in [1.29, 1.82) is 0 Å². The van der Waals surface area contributed by atoms with Gasteiger partial charge < -0.3 is 24.4 Å². The second-order valence-electron chi connectivity index (χ2n) is 13.0. The number of anilines is 3. The van der Waals surface area contributed by atoms with E-state index in [1.54, 1.807) is 14.7 Å². The molecule has 0 bridgehead atoms. The third kappa shape index (κ3) is 5.39. The molecule has 0 radical (unpaired) electrons. The summed E-state index contributed by atoms with van der Waals surface area (Å²) >= 11 is 0. The Morgan fingerprint density at radius 3 is 2.38 bits per heavy atom. The van der Waals surface area contributed by atoms with E-state index in [0.29, 0.717) is 18.8 Å². The molecule has 3 aromatic rings. The molecule has 0 aromatic heterocycles. The van der Waals surface area contributed by atoms with Gasteiger partial charge in [-0.25, -0.2) is 0 Å². The summed E-state index contributed by atoms with van der Waals surface area (Å²) in [6.07, 6.45) is 1.80. The average Bonchev–Trinajstić information content (AvgIpc) is 3.69. The second-order valence-corrected chi connectivity index (χ2v) is 17.0. The first kappa shape index (κ1) is 31.2. The standard InChI is InChI=1S/C35H41N3O6Si/c1-24-33(45(2,3)43)31(20-32(41)36-19-9-12-28(36)22-39)44-35(24)29-13-7-8-14-30(29)37(34(35)42)21-25-15-17-27(18-16-25)38(23-40)26-10-5-4-6-11-26/h4-8,10-11,13-18,23-24,28,31,33,39,43H,9,12,19-22H2,1-3H3/t24-,28-,31+,33-,35+/m0/s1. The van der Waals surface area contributed by atoms with Crippen LogP contribution >= 0.6 is 0 Å². The minimum Gasteiger partial charge on any atom is -0.432 e. The molecule has 3 aliphatic rings. The maximum Gasteiger partial charge on any atom is 0.264 e. The molecule has 2 saturated heterocycles. The third-order valence-electron chi connectivity index (χ3n) is 9.87. The molecule has 3 aliphatic heterocycles. The van der Waals surface area contributed by atoms with Gasteiger partial charge in [0.15, 0.2) is 13.9 Å². The number of benzene rings is 3. The topological polar surface area (TPSA) is 111 Å². The quantitative estimate of drug-likeness (QED) is 0.263. The van der Waals surface area contributed by atoms with E-state index in [1.807, 2.05) is 98.9 Å². The predicted molar refractivity (Wildman–Crippen MR) is 174 cm³/mol. The molecule has 45 heavy (non-hydrogen) atoms. The number of hydrogen-bond acceptors (Lipinski definition) is 6. The fourth-order valence-electron chi connectivity index (χ4n) is 7.84. The van der Waals surface area contributed by atoms with Gasteiger partial charge in [-0.1, -0.05) is 55.5 Å². The van der Waals surface area contributed by atoms with Crippen LogP contribution in [0.4, 0.5) is 17.1 Å². The fourth-order valence-corrected chi connectivity index (χ4v) is 10.4. The highest BCUT2D eigenvalue weighted by atomic mass is 28.4. The smallest absolute Gasteiger partial charge is 0.264 e. The second kappa shape index (κ2) is 12.2. The summed E-state index contributed by atoms with van der Waals surface area (Å²) in [7, 11) is -2.92. The molecule has 1 spiro atoms. The van der Waals surface area contributed by atoms with E-state index in [0.717, 1.165) is 41.8 Å². The maximum absolute atomic E-state index is 14.6. The Kier molecular flexibility index (Phi) is 8.42. The van der Waals surface area contributed by atoms with E-state index in [4.69, 9.17) is 4.74 Å². The van der Waals surface area contributed by atoms with Crippen molar-refractivity contribution >= 4 is 43.6 Å². The van der Waals surface area contributed by atoms with E-state index < -0.39 is 20.0 Å². The summed E-state index contributed by atoms with van der Waals surface area (Å²) in [6.45, 7) is 6.47. The number of ether oxygens (including phenoxy) is 1. The molecule has 6 rings (SSSR count). The van der Waals surface area contributed by atoms with Crippen LogP contribution < -0.4 is 9.80 Å². The average molecular weight is 628 g/mol. The highest BCUT2D eigenvalue weighted by Gasteiger charge is 2.66. The number of likely N-dealkylation sites (tertiary alicyclic amines) is 1. The van der Waals surface area contributed by atoms with Gasteiger partial charge in [-0.2, -0.15) is 0 Å². The number of para-hydroxylation sites is 2. The van der Waals surface area contributed by atoms with Crippen molar-refractivity contribution in [3.8, 4) is 0 Å². The maximum atomic E-state index is 14.6.